The van der Waals surface area contributed by atoms with Crippen LogP contribution >= 0.6 is 11.6 Å². The number of aliphatic hydroxyl groups excluding tert-OH is 3. The van der Waals surface area contributed by atoms with E-state index in [9.17, 15) is 15.0 Å². The van der Waals surface area contributed by atoms with Crippen molar-refractivity contribution >= 4 is 34.7 Å². The van der Waals surface area contributed by atoms with Gasteiger partial charge in [-0.2, -0.15) is 0 Å². The fourth-order valence-electron chi connectivity index (χ4n) is 4.06. The lowest BCUT2D eigenvalue weighted by molar-refractivity contribution is -0.202. The average molecular weight is 545 g/mol. The van der Waals surface area contributed by atoms with Gasteiger partial charge in [0.25, 0.3) is 0 Å². The summed E-state index contributed by atoms with van der Waals surface area (Å²) in [5.74, 6) is 7.05. The molecule has 1 saturated heterocycles. The van der Waals surface area contributed by atoms with Crippen molar-refractivity contribution in [1.82, 2.24) is 24.4 Å². The summed E-state index contributed by atoms with van der Waals surface area (Å²) in [4.78, 5) is 26.9. The Bertz CT molecular complexity index is 1310. The second kappa shape index (κ2) is 12.4. The number of hydrogen-bond donors (Lipinski definition) is 4. The number of nitrogen functional groups attached to an aromatic ring is 1. The van der Waals surface area contributed by atoms with Crippen molar-refractivity contribution in [3.8, 4) is 17.6 Å². The molecule has 3 atom stereocenters. The van der Waals surface area contributed by atoms with Gasteiger partial charge in [-0.3, -0.25) is 4.57 Å². The molecule has 1 aromatic carbocycles. The van der Waals surface area contributed by atoms with Gasteiger partial charge in [0.15, 0.2) is 24.0 Å². The third kappa shape index (κ3) is 6.69. The molecule has 2 aromatic heterocycles. The number of piperidine rings is 1. The Balaban J connectivity index is 1.38. The number of rotatable bonds is 7. The predicted molar refractivity (Wildman–Crippen MR) is 138 cm³/mol. The zero-order valence-electron chi connectivity index (χ0n) is 20.7. The van der Waals surface area contributed by atoms with Gasteiger partial charge in [-0.1, -0.05) is 17.5 Å². The molecule has 3 aromatic rings. The molecule has 1 aliphatic heterocycles. The fraction of sp³-hybridized carbons (Fsp3) is 0.440. The molecule has 13 heteroatoms. The van der Waals surface area contributed by atoms with Crippen LogP contribution in [0.5, 0.6) is 5.75 Å². The van der Waals surface area contributed by atoms with Gasteiger partial charge in [0.05, 0.1) is 19.0 Å². The summed E-state index contributed by atoms with van der Waals surface area (Å²) in [6.45, 7) is 1.95. The van der Waals surface area contributed by atoms with Gasteiger partial charge in [0.2, 0.25) is 5.82 Å². The molecule has 0 bridgehead atoms. The SMILES string of the molecule is CC(O)[C@@H](OC(O)CO)n1cnc2c(N)nc(C#CCC3CCN(C(=O)Oc4ccc(Cl)cc4)CC3)nc21. The van der Waals surface area contributed by atoms with Crippen LogP contribution in [0.3, 0.4) is 0 Å². The van der Waals surface area contributed by atoms with Gasteiger partial charge in [-0.15, -0.1) is 0 Å². The number of likely N-dealkylation sites (tertiary alicyclic amines) is 1. The number of anilines is 1. The van der Waals surface area contributed by atoms with E-state index in [1.54, 1.807) is 29.2 Å². The van der Waals surface area contributed by atoms with Crippen molar-refractivity contribution < 1.29 is 29.6 Å². The first-order valence-corrected chi connectivity index (χ1v) is 12.5. The van der Waals surface area contributed by atoms with Crippen LogP contribution in [0, 0.1) is 17.8 Å². The van der Waals surface area contributed by atoms with Crippen LogP contribution in [0.1, 0.15) is 38.2 Å². The average Bonchev–Trinajstić information content (AvgIpc) is 3.32. The maximum Gasteiger partial charge on any atom is 0.415 e. The number of nitrogens with zero attached hydrogens (tertiary/aromatic N) is 5. The lowest BCUT2D eigenvalue weighted by Gasteiger charge is -2.30. The summed E-state index contributed by atoms with van der Waals surface area (Å²) in [6, 6.07) is 6.63. The summed E-state index contributed by atoms with van der Waals surface area (Å²) >= 11 is 5.86. The van der Waals surface area contributed by atoms with E-state index < -0.39 is 31.3 Å². The normalized spacial score (nSPS) is 16.5. The van der Waals surface area contributed by atoms with Crippen molar-refractivity contribution in [3.05, 3.63) is 41.4 Å². The molecular formula is C25H29ClN6O6. The number of nitrogens with two attached hydrogens (primary N) is 1. The van der Waals surface area contributed by atoms with E-state index in [0.717, 1.165) is 12.8 Å². The molecule has 0 aliphatic carbocycles. The molecule has 1 fully saturated rings. The standard InChI is InChI=1S/C25H29ClN6O6/c1-15(34)24(38-20(35)13-33)32-14-28-21-22(27)29-19(30-23(21)32)4-2-3-16-9-11-31(12-10-16)25(36)37-18-7-5-17(26)6-8-18/h5-8,14-16,20,24,33-35H,3,9-13H2,1H3,(H2,27,29,30)/t15?,20?,24-/m1/s1. The Morgan fingerprint density at radius 1 is 1.24 bits per heavy atom. The highest BCUT2D eigenvalue weighted by Crippen LogP contribution is 2.25. The van der Waals surface area contributed by atoms with Crippen LogP contribution in [-0.2, 0) is 4.74 Å². The molecule has 38 heavy (non-hydrogen) atoms. The highest BCUT2D eigenvalue weighted by molar-refractivity contribution is 6.30. The number of imidazole rings is 1. The van der Waals surface area contributed by atoms with Gasteiger partial charge in [-0.25, -0.2) is 19.7 Å². The van der Waals surface area contributed by atoms with Gasteiger partial charge >= 0.3 is 6.09 Å². The second-order valence-electron chi connectivity index (χ2n) is 8.92. The van der Waals surface area contributed by atoms with E-state index in [-0.39, 0.29) is 17.3 Å². The minimum Gasteiger partial charge on any atom is -0.410 e. The Morgan fingerprint density at radius 3 is 2.61 bits per heavy atom. The molecule has 4 rings (SSSR count). The van der Waals surface area contributed by atoms with Crippen molar-refractivity contribution in [3.63, 3.8) is 0 Å². The largest absolute Gasteiger partial charge is 0.415 e. The number of aromatic nitrogens is 4. The molecule has 0 radical (unpaired) electrons. The van der Waals surface area contributed by atoms with E-state index in [0.29, 0.717) is 41.7 Å². The monoisotopic (exact) mass is 544 g/mol. The number of fused-ring (bicyclic) bond motifs is 1. The number of ether oxygens (including phenoxy) is 2. The molecule has 12 nitrogen and oxygen atoms in total. The zero-order chi connectivity index (χ0) is 27.2. The summed E-state index contributed by atoms with van der Waals surface area (Å²) in [6.07, 6.45) is -0.530. The summed E-state index contributed by atoms with van der Waals surface area (Å²) < 4.78 is 12.1. The number of aliphatic hydroxyl groups is 3. The van der Waals surface area contributed by atoms with Crippen LogP contribution in [-0.4, -0.2) is 77.9 Å². The third-order valence-electron chi connectivity index (χ3n) is 6.07. The van der Waals surface area contributed by atoms with E-state index in [1.165, 1.54) is 17.8 Å². The fourth-order valence-corrected chi connectivity index (χ4v) is 4.18. The number of benzene rings is 1. The Hall–Kier alpha value is -3.47. The van der Waals surface area contributed by atoms with Crippen LogP contribution < -0.4 is 10.5 Å². The maximum absolute atomic E-state index is 12.4. The van der Waals surface area contributed by atoms with Crippen molar-refractivity contribution in [1.29, 1.82) is 0 Å². The first kappa shape index (κ1) is 27.6. The molecule has 0 saturated carbocycles. The topological polar surface area (TPSA) is 169 Å². The maximum atomic E-state index is 12.4. The first-order chi connectivity index (χ1) is 18.2. The van der Waals surface area contributed by atoms with Crippen molar-refractivity contribution in [2.45, 2.75) is 44.8 Å². The predicted octanol–water partition coefficient (Wildman–Crippen LogP) is 1.92. The highest BCUT2D eigenvalue weighted by Gasteiger charge is 2.26. The molecule has 5 N–H and O–H groups in total. The third-order valence-corrected chi connectivity index (χ3v) is 6.32. The smallest absolute Gasteiger partial charge is 0.410 e. The molecule has 2 unspecified atom stereocenters. The van der Waals surface area contributed by atoms with Crippen LogP contribution in [0.2, 0.25) is 5.02 Å². The van der Waals surface area contributed by atoms with Crippen molar-refractivity contribution in [2.24, 2.45) is 5.92 Å². The number of amides is 1. The minimum atomic E-state index is -1.50. The van der Waals surface area contributed by atoms with Crippen LogP contribution in [0.25, 0.3) is 11.2 Å². The molecule has 1 amide bonds. The van der Waals surface area contributed by atoms with Gasteiger partial charge < -0.3 is 35.4 Å². The summed E-state index contributed by atoms with van der Waals surface area (Å²) in [7, 11) is 0. The lowest BCUT2D eigenvalue weighted by Crippen LogP contribution is -2.40. The van der Waals surface area contributed by atoms with Gasteiger partial charge in [0, 0.05) is 24.5 Å². The molecule has 1 aliphatic rings. The molecule has 0 spiro atoms. The van der Waals surface area contributed by atoms with E-state index in [1.807, 2.05) is 0 Å². The van der Waals surface area contributed by atoms with Gasteiger partial charge in [0.1, 0.15) is 11.3 Å². The molecule has 202 valence electrons. The highest BCUT2D eigenvalue weighted by atomic mass is 35.5. The minimum absolute atomic E-state index is 0.109. The number of halogens is 1. The molecule has 3 heterocycles. The van der Waals surface area contributed by atoms with Crippen LogP contribution in [0.4, 0.5) is 10.6 Å². The van der Waals surface area contributed by atoms with Crippen LogP contribution in [0.15, 0.2) is 30.6 Å². The zero-order valence-corrected chi connectivity index (χ0v) is 21.5. The lowest BCUT2D eigenvalue weighted by atomic mass is 9.94. The van der Waals surface area contributed by atoms with E-state index >= 15 is 0 Å². The quantitative estimate of drug-likeness (QED) is 0.254. The number of carbonyl (C=O) groups is 1. The first-order valence-electron chi connectivity index (χ1n) is 12.1. The van der Waals surface area contributed by atoms with Gasteiger partial charge in [-0.05, 0) is 55.9 Å². The van der Waals surface area contributed by atoms with Crippen molar-refractivity contribution in [2.75, 3.05) is 25.4 Å². The number of carbonyl (C=O) groups excluding carboxylic acids is 1. The second-order valence-corrected chi connectivity index (χ2v) is 9.36. The Labute approximate surface area is 224 Å². The Kier molecular flexibility index (Phi) is 8.98. The molecular weight excluding hydrogens is 516 g/mol. The Morgan fingerprint density at radius 2 is 1.95 bits per heavy atom. The summed E-state index contributed by atoms with van der Waals surface area (Å²) in [5, 5.41) is 29.5. The van der Waals surface area contributed by atoms with E-state index in [4.69, 9.17) is 31.9 Å². The summed E-state index contributed by atoms with van der Waals surface area (Å²) in [5.41, 5.74) is 6.61. The van der Waals surface area contributed by atoms with E-state index in [2.05, 4.69) is 26.8 Å². The number of hydrogen-bond acceptors (Lipinski definition) is 10.